The van der Waals surface area contributed by atoms with E-state index in [4.69, 9.17) is 9.94 Å². The van der Waals surface area contributed by atoms with Crippen LogP contribution in [0.15, 0.2) is 0 Å². The largest absolute Gasteiger partial charge is 0.481 e. The number of carboxylic acid groups (broad SMARTS) is 1. The molecule has 0 bridgehead atoms. The molecule has 0 heterocycles. The van der Waals surface area contributed by atoms with Crippen LogP contribution < -0.4 is 0 Å². The summed E-state index contributed by atoms with van der Waals surface area (Å²) in [6.45, 7) is 6.99. The minimum atomic E-state index is -0.957. The Labute approximate surface area is 83.6 Å². The Balaban J connectivity index is 4.26. The van der Waals surface area contributed by atoms with Gasteiger partial charge in [0.05, 0.1) is 18.1 Å². The average molecular weight is 203 g/mol. The Kier molecular flexibility index (Phi) is 4.56. The lowest BCUT2D eigenvalue weighted by Gasteiger charge is -2.30. The average Bonchev–Trinajstić information content (AvgIpc) is 1.96. The Morgan fingerprint density at radius 2 is 2.07 bits per heavy atom. The van der Waals surface area contributed by atoms with E-state index in [0.717, 1.165) is 5.06 Å². The standard InChI is InChI=1S/C9H17NO4/c1-7(5-8(12)13)10(6-11)14-9(2,3)4/h6-7H,5H2,1-4H3,(H,12,13). The molecule has 0 aromatic heterocycles. The molecule has 0 rings (SSSR count). The lowest BCUT2D eigenvalue weighted by atomic mass is 10.2. The maximum atomic E-state index is 10.6. The SMILES string of the molecule is CC(CC(=O)O)N(C=O)OC(C)(C)C. The maximum absolute atomic E-state index is 10.6. The van der Waals surface area contributed by atoms with Crippen molar-refractivity contribution in [3.8, 4) is 0 Å². The Hall–Kier alpha value is -1.10. The number of amides is 1. The molecule has 0 aliphatic rings. The monoisotopic (exact) mass is 203 g/mol. The molecule has 5 heteroatoms. The zero-order valence-electron chi connectivity index (χ0n) is 8.98. The van der Waals surface area contributed by atoms with Gasteiger partial charge in [-0.25, -0.2) is 5.06 Å². The van der Waals surface area contributed by atoms with Crippen molar-refractivity contribution in [2.24, 2.45) is 0 Å². The van der Waals surface area contributed by atoms with E-state index in [-0.39, 0.29) is 6.42 Å². The number of hydroxylamine groups is 2. The Bertz CT molecular complexity index is 209. The highest BCUT2D eigenvalue weighted by Crippen LogP contribution is 2.12. The number of carbonyl (C=O) groups excluding carboxylic acids is 1. The second kappa shape index (κ2) is 4.95. The number of aliphatic carboxylic acids is 1. The summed E-state index contributed by atoms with van der Waals surface area (Å²) in [5, 5.41) is 9.56. The molecule has 14 heavy (non-hydrogen) atoms. The third-order valence-corrected chi connectivity index (χ3v) is 1.39. The summed E-state index contributed by atoms with van der Waals surface area (Å²) < 4.78 is 0. The van der Waals surface area contributed by atoms with Crippen molar-refractivity contribution >= 4 is 12.4 Å². The quantitative estimate of drug-likeness (QED) is 0.535. The van der Waals surface area contributed by atoms with Crippen molar-refractivity contribution < 1.29 is 19.5 Å². The summed E-state index contributed by atoms with van der Waals surface area (Å²) >= 11 is 0. The van der Waals surface area contributed by atoms with E-state index < -0.39 is 17.6 Å². The van der Waals surface area contributed by atoms with Gasteiger partial charge in [0.2, 0.25) is 6.41 Å². The molecule has 1 amide bonds. The molecule has 1 unspecified atom stereocenters. The predicted molar refractivity (Wildman–Crippen MR) is 50.5 cm³/mol. The Morgan fingerprint density at radius 3 is 2.36 bits per heavy atom. The predicted octanol–water partition coefficient (Wildman–Crippen LogP) is 1.04. The molecule has 0 saturated carbocycles. The number of carbonyl (C=O) groups is 2. The lowest BCUT2D eigenvalue weighted by Crippen LogP contribution is -2.39. The van der Waals surface area contributed by atoms with Crippen molar-refractivity contribution in [1.29, 1.82) is 0 Å². The van der Waals surface area contributed by atoms with Gasteiger partial charge in [-0.15, -0.1) is 0 Å². The first-order chi connectivity index (χ1) is 6.26. The van der Waals surface area contributed by atoms with Crippen LogP contribution in [0.2, 0.25) is 0 Å². The topological polar surface area (TPSA) is 66.8 Å². The van der Waals surface area contributed by atoms with Crippen LogP contribution in [0.3, 0.4) is 0 Å². The van der Waals surface area contributed by atoms with Crippen LogP contribution >= 0.6 is 0 Å². The summed E-state index contributed by atoms with van der Waals surface area (Å²) in [4.78, 5) is 26.3. The second-order valence-electron chi connectivity index (χ2n) is 4.12. The minimum Gasteiger partial charge on any atom is -0.481 e. The third kappa shape index (κ3) is 5.53. The first-order valence-electron chi connectivity index (χ1n) is 4.41. The van der Waals surface area contributed by atoms with Gasteiger partial charge in [-0.3, -0.25) is 14.4 Å². The van der Waals surface area contributed by atoms with Crippen LogP contribution in [0, 0.1) is 0 Å². The van der Waals surface area contributed by atoms with E-state index in [2.05, 4.69) is 0 Å². The fourth-order valence-corrected chi connectivity index (χ4v) is 0.874. The smallest absolute Gasteiger partial charge is 0.305 e. The molecule has 0 radical (unpaired) electrons. The van der Waals surface area contributed by atoms with Crippen molar-refractivity contribution in [3.05, 3.63) is 0 Å². The van der Waals surface area contributed by atoms with E-state index >= 15 is 0 Å². The number of nitrogens with zero attached hydrogens (tertiary/aromatic N) is 1. The number of hydrogen-bond donors (Lipinski definition) is 1. The van der Waals surface area contributed by atoms with Gasteiger partial charge in [-0.1, -0.05) is 0 Å². The summed E-state index contributed by atoms with van der Waals surface area (Å²) in [5.74, 6) is -0.957. The van der Waals surface area contributed by atoms with Gasteiger partial charge in [-0.2, -0.15) is 0 Å². The summed E-state index contributed by atoms with van der Waals surface area (Å²) in [5.41, 5.74) is -0.506. The van der Waals surface area contributed by atoms with Gasteiger partial charge in [-0.05, 0) is 27.7 Å². The molecule has 5 nitrogen and oxygen atoms in total. The van der Waals surface area contributed by atoms with Crippen molar-refractivity contribution in [3.63, 3.8) is 0 Å². The summed E-state index contributed by atoms with van der Waals surface area (Å²) in [6.07, 6.45) is 0.369. The van der Waals surface area contributed by atoms with E-state index in [1.807, 2.05) is 0 Å². The van der Waals surface area contributed by atoms with Gasteiger partial charge in [0, 0.05) is 0 Å². The van der Waals surface area contributed by atoms with Gasteiger partial charge in [0.1, 0.15) is 0 Å². The first-order valence-corrected chi connectivity index (χ1v) is 4.41. The van der Waals surface area contributed by atoms with Crippen LogP contribution in [-0.2, 0) is 14.4 Å². The van der Waals surface area contributed by atoms with Gasteiger partial charge in [0.25, 0.3) is 0 Å². The van der Waals surface area contributed by atoms with Crippen LogP contribution in [0.5, 0.6) is 0 Å². The fraction of sp³-hybridized carbons (Fsp3) is 0.778. The summed E-state index contributed by atoms with van der Waals surface area (Å²) in [7, 11) is 0. The third-order valence-electron chi connectivity index (χ3n) is 1.39. The fourth-order valence-electron chi connectivity index (χ4n) is 0.874. The van der Waals surface area contributed by atoms with Crippen LogP contribution in [-0.4, -0.2) is 34.2 Å². The highest BCUT2D eigenvalue weighted by atomic mass is 16.7. The minimum absolute atomic E-state index is 0.130. The zero-order chi connectivity index (χ0) is 11.4. The molecule has 82 valence electrons. The lowest BCUT2D eigenvalue weighted by molar-refractivity contribution is -0.231. The summed E-state index contributed by atoms with van der Waals surface area (Å²) in [6, 6.07) is -0.468. The molecule has 0 aromatic rings. The highest BCUT2D eigenvalue weighted by Gasteiger charge is 2.22. The molecule has 0 aromatic carbocycles. The van der Waals surface area contributed by atoms with Gasteiger partial charge < -0.3 is 5.11 Å². The van der Waals surface area contributed by atoms with Crippen LogP contribution in [0.4, 0.5) is 0 Å². The molecular weight excluding hydrogens is 186 g/mol. The highest BCUT2D eigenvalue weighted by molar-refractivity contribution is 5.67. The van der Waals surface area contributed by atoms with E-state index in [1.54, 1.807) is 27.7 Å². The van der Waals surface area contributed by atoms with E-state index in [0.29, 0.717) is 6.41 Å². The molecule has 0 saturated heterocycles. The molecule has 0 aliphatic carbocycles. The Morgan fingerprint density at radius 1 is 1.57 bits per heavy atom. The zero-order valence-corrected chi connectivity index (χ0v) is 8.98. The van der Waals surface area contributed by atoms with Crippen LogP contribution in [0.1, 0.15) is 34.1 Å². The second-order valence-corrected chi connectivity index (χ2v) is 4.12. The van der Waals surface area contributed by atoms with Crippen LogP contribution in [0.25, 0.3) is 0 Å². The van der Waals surface area contributed by atoms with Gasteiger partial charge >= 0.3 is 5.97 Å². The molecule has 1 atom stereocenters. The molecule has 0 aliphatic heterocycles. The van der Waals surface area contributed by atoms with Crippen molar-refractivity contribution in [2.75, 3.05) is 0 Å². The molecule has 1 N–H and O–H groups in total. The van der Waals surface area contributed by atoms with E-state index in [1.165, 1.54) is 0 Å². The number of rotatable bonds is 5. The molecule has 0 fully saturated rings. The maximum Gasteiger partial charge on any atom is 0.305 e. The molecule has 0 spiro atoms. The normalized spacial score (nSPS) is 13.4. The number of hydrogen-bond acceptors (Lipinski definition) is 3. The van der Waals surface area contributed by atoms with E-state index in [9.17, 15) is 9.59 Å². The first kappa shape index (κ1) is 12.9. The number of carboxylic acids is 1. The molecular formula is C9H17NO4. The van der Waals surface area contributed by atoms with Crippen molar-refractivity contribution in [1.82, 2.24) is 5.06 Å². The van der Waals surface area contributed by atoms with Gasteiger partial charge in [0.15, 0.2) is 0 Å². The van der Waals surface area contributed by atoms with Crippen molar-refractivity contribution in [2.45, 2.75) is 45.8 Å².